The van der Waals surface area contributed by atoms with Crippen molar-refractivity contribution < 1.29 is 13.9 Å². The van der Waals surface area contributed by atoms with Gasteiger partial charge >= 0.3 is 6.09 Å². The highest BCUT2D eigenvalue weighted by atomic mass is 19.1. The minimum atomic E-state index is -0.495. The van der Waals surface area contributed by atoms with Crippen LogP contribution in [0.15, 0.2) is 18.2 Å². The van der Waals surface area contributed by atoms with Gasteiger partial charge in [-0.15, -0.1) is 0 Å². The molecule has 2 atom stereocenters. The SMILES string of the molecule is Cc1cc(C(N)C2CCN(C(=O)OC(C)(C)C)C2)ccc1F. The van der Waals surface area contributed by atoms with Crippen molar-refractivity contribution in [1.82, 2.24) is 4.90 Å². The summed E-state index contributed by atoms with van der Waals surface area (Å²) in [6.45, 7) is 8.51. The Bertz CT molecular complexity index is 554. The minimum Gasteiger partial charge on any atom is -0.444 e. The van der Waals surface area contributed by atoms with Gasteiger partial charge in [-0.25, -0.2) is 9.18 Å². The number of carbonyl (C=O) groups is 1. The molecule has 0 aliphatic carbocycles. The highest BCUT2D eigenvalue weighted by molar-refractivity contribution is 5.68. The fourth-order valence-electron chi connectivity index (χ4n) is 2.72. The second kappa shape index (κ2) is 6.24. The first-order chi connectivity index (χ1) is 10.2. The van der Waals surface area contributed by atoms with E-state index in [0.717, 1.165) is 12.0 Å². The topological polar surface area (TPSA) is 55.6 Å². The van der Waals surface area contributed by atoms with E-state index in [2.05, 4.69) is 0 Å². The molecule has 0 radical (unpaired) electrons. The molecule has 122 valence electrons. The normalized spacial score (nSPS) is 20.1. The number of benzene rings is 1. The van der Waals surface area contributed by atoms with Crippen molar-refractivity contribution in [1.29, 1.82) is 0 Å². The van der Waals surface area contributed by atoms with E-state index in [4.69, 9.17) is 10.5 Å². The van der Waals surface area contributed by atoms with Crippen molar-refractivity contribution in [2.24, 2.45) is 11.7 Å². The average Bonchev–Trinajstić information content (AvgIpc) is 2.89. The van der Waals surface area contributed by atoms with Crippen molar-refractivity contribution in [3.05, 3.63) is 35.1 Å². The molecule has 0 bridgehead atoms. The molecule has 2 rings (SSSR count). The molecule has 0 aromatic heterocycles. The molecule has 1 amide bonds. The number of amides is 1. The zero-order valence-corrected chi connectivity index (χ0v) is 13.7. The van der Waals surface area contributed by atoms with E-state index < -0.39 is 5.60 Å². The lowest BCUT2D eigenvalue weighted by Crippen LogP contribution is -2.36. The highest BCUT2D eigenvalue weighted by Gasteiger charge is 2.33. The number of nitrogens with zero attached hydrogens (tertiary/aromatic N) is 1. The third kappa shape index (κ3) is 3.97. The average molecular weight is 308 g/mol. The van der Waals surface area contributed by atoms with Crippen molar-refractivity contribution in [3.63, 3.8) is 0 Å². The quantitative estimate of drug-likeness (QED) is 0.911. The van der Waals surface area contributed by atoms with E-state index in [1.165, 1.54) is 6.07 Å². The number of carbonyl (C=O) groups excluding carboxylic acids is 1. The molecule has 1 aliphatic heterocycles. The summed E-state index contributed by atoms with van der Waals surface area (Å²) in [5.41, 5.74) is 7.32. The fraction of sp³-hybridized carbons (Fsp3) is 0.588. The van der Waals surface area contributed by atoms with Gasteiger partial charge in [-0.2, -0.15) is 0 Å². The third-order valence-electron chi connectivity index (χ3n) is 3.95. The second-order valence-electron chi connectivity index (χ2n) is 7.01. The molecule has 2 unspecified atom stereocenters. The summed E-state index contributed by atoms with van der Waals surface area (Å²) in [5.74, 6) is -0.0601. The molecule has 0 spiro atoms. The van der Waals surface area contributed by atoms with Crippen LogP contribution in [-0.4, -0.2) is 29.7 Å². The highest BCUT2D eigenvalue weighted by Crippen LogP contribution is 2.29. The lowest BCUT2D eigenvalue weighted by atomic mass is 9.92. The van der Waals surface area contributed by atoms with Gasteiger partial charge in [-0.3, -0.25) is 0 Å². The predicted octanol–water partition coefficient (Wildman–Crippen LogP) is 3.39. The summed E-state index contributed by atoms with van der Waals surface area (Å²) in [6, 6.07) is 4.76. The van der Waals surface area contributed by atoms with Crippen LogP contribution in [0.25, 0.3) is 0 Å². The molecule has 1 heterocycles. The Morgan fingerprint density at radius 3 is 2.73 bits per heavy atom. The molecule has 1 aromatic carbocycles. The van der Waals surface area contributed by atoms with Gasteiger partial charge in [0.15, 0.2) is 0 Å². The zero-order valence-electron chi connectivity index (χ0n) is 13.7. The van der Waals surface area contributed by atoms with Crippen LogP contribution in [0.2, 0.25) is 0 Å². The number of nitrogens with two attached hydrogens (primary N) is 1. The number of likely N-dealkylation sites (tertiary alicyclic amines) is 1. The smallest absolute Gasteiger partial charge is 0.410 e. The predicted molar refractivity (Wildman–Crippen MR) is 84.0 cm³/mol. The van der Waals surface area contributed by atoms with Crippen LogP contribution in [0.3, 0.4) is 0 Å². The van der Waals surface area contributed by atoms with E-state index in [1.807, 2.05) is 20.8 Å². The largest absolute Gasteiger partial charge is 0.444 e. The van der Waals surface area contributed by atoms with E-state index in [-0.39, 0.29) is 23.9 Å². The lowest BCUT2D eigenvalue weighted by molar-refractivity contribution is 0.0286. The Morgan fingerprint density at radius 1 is 1.45 bits per heavy atom. The summed E-state index contributed by atoms with van der Waals surface area (Å²) in [5, 5.41) is 0. The molecular formula is C17H25FN2O2. The van der Waals surface area contributed by atoms with Gasteiger partial charge in [0, 0.05) is 19.1 Å². The van der Waals surface area contributed by atoms with Crippen molar-refractivity contribution in [2.45, 2.75) is 45.8 Å². The molecule has 1 aromatic rings. The van der Waals surface area contributed by atoms with Crippen LogP contribution in [-0.2, 0) is 4.74 Å². The fourth-order valence-corrected chi connectivity index (χ4v) is 2.72. The van der Waals surface area contributed by atoms with Crippen LogP contribution in [0.5, 0.6) is 0 Å². The molecular weight excluding hydrogens is 283 g/mol. The lowest BCUT2D eigenvalue weighted by Gasteiger charge is -2.25. The van der Waals surface area contributed by atoms with Gasteiger partial charge in [-0.05, 0) is 57.2 Å². The number of aryl methyl sites for hydroxylation is 1. The summed E-state index contributed by atoms with van der Waals surface area (Å²) in [6.07, 6.45) is 0.536. The standard InChI is InChI=1S/C17H25FN2O2/c1-11-9-12(5-6-14(11)18)15(19)13-7-8-20(10-13)16(21)22-17(2,3)4/h5-6,9,13,15H,7-8,10,19H2,1-4H3. The van der Waals surface area contributed by atoms with Gasteiger partial charge in [0.25, 0.3) is 0 Å². The molecule has 5 heteroatoms. The zero-order chi connectivity index (χ0) is 16.5. The van der Waals surface area contributed by atoms with Crippen LogP contribution in [0.1, 0.15) is 44.4 Å². The summed E-state index contributed by atoms with van der Waals surface area (Å²) >= 11 is 0. The number of hydrogen-bond donors (Lipinski definition) is 1. The Kier molecular flexibility index (Phi) is 4.75. The molecule has 0 saturated carbocycles. The summed E-state index contributed by atoms with van der Waals surface area (Å²) in [7, 11) is 0. The first kappa shape index (κ1) is 16.7. The molecule has 1 aliphatic rings. The van der Waals surface area contributed by atoms with Gasteiger partial charge in [0.1, 0.15) is 11.4 Å². The first-order valence-electron chi connectivity index (χ1n) is 7.67. The number of ether oxygens (including phenoxy) is 1. The number of rotatable bonds is 2. The summed E-state index contributed by atoms with van der Waals surface area (Å²) in [4.78, 5) is 13.8. The Labute approximate surface area is 131 Å². The molecule has 4 nitrogen and oxygen atoms in total. The van der Waals surface area contributed by atoms with E-state index in [1.54, 1.807) is 24.0 Å². The molecule has 22 heavy (non-hydrogen) atoms. The Morgan fingerprint density at radius 2 is 2.14 bits per heavy atom. The van der Waals surface area contributed by atoms with E-state index in [9.17, 15) is 9.18 Å². The van der Waals surface area contributed by atoms with Gasteiger partial charge in [-0.1, -0.05) is 12.1 Å². The first-order valence-corrected chi connectivity index (χ1v) is 7.67. The maximum absolute atomic E-state index is 13.4. The monoisotopic (exact) mass is 308 g/mol. The van der Waals surface area contributed by atoms with E-state index in [0.29, 0.717) is 18.7 Å². The number of halogens is 1. The minimum absolute atomic E-state index is 0.164. The van der Waals surface area contributed by atoms with Crippen molar-refractivity contribution >= 4 is 6.09 Å². The molecule has 1 fully saturated rings. The van der Waals surface area contributed by atoms with Crippen molar-refractivity contribution in [3.8, 4) is 0 Å². The Balaban J connectivity index is 2.00. The van der Waals surface area contributed by atoms with Crippen LogP contribution in [0, 0.1) is 18.7 Å². The van der Waals surface area contributed by atoms with Crippen LogP contribution >= 0.6 is 0 Å². The van der Waals surface area contributed by atoms with Crippen LogP contribution < -0.4 is 5.73 Å². The second-order valence-corrected chi connectivity index (χ2v) is 7.01. The van der Waals surface area contributed by atoms with Gasteiger partial charge in [0.05, 0.1) is 0 Å². The summed E-state index contributed by atoms with van der Waals surface area (Å²) < 4.78 is 18.7. The van der Waals surface area contributed by atoms with Crippen LogP contribution in [0.4, 0.5) is 9.18 Å². The van der Waals surface area contributed by atoms with E-state index >= 15 is 0 Å². The van der Waals surface area contributed by atoms with Gasteiger partial charge in [0.2, 0.25) is 0 Å². The third-order valence-corrected chi connectivity index (χ3v) is 3.95. The van der Waals surface area contributed by atoms with Crippen molar-refractivity contribution in [2.75, 3.05) is 13.1 Å². The maximum Gasteiger partial charge on any atom is 0.410 e. The maximum atomic E-state index is 13.4. The number of hydrogen-bond acceptors (Lipinski definition) is 3. The van der Waals surface area contributed by atoms with Gasteiger partial charge < -0.3 is 15.4 Å². The Hall–Kier alpha value is -1.62. The molecule has 2 N–H and O–H groups in total. The molecule has 1 saturated heterocycles.